The van der Waals surface area contributed by atoms with Gasteiger partial charge in [0, 0.05) is 25.5 Å². The van der Waals surface area contributed by atoms with Gasteiger partial charge in [-0.3, -0.25) is 0 Å². The zero-order valence-corrected chi connectivity index (χ0v) is 12.2. The highest BCUT2D eigenvalue weighted by Gasteiger charge is 2.03. The van der Waals surface area contributed by atoms with Crippen LogP contribution in [0.5, 0.6) is 5.75 Å². The topological polar surface area (TPSA) is 62.9 Å². The van der Waals surface area contributed by atoms with E-state index in [1.807, 2.05) is 24.7 Å². The maximum Gasteiger partial charge on any atom is 0.136 e. The number of hydrogen-bond acceptors (Lipinski definition) is 4. The molecule has 1 aromatic heterocycles. The Bertz CT molecular complexity index is 587. The van der Waals surface area contributed by atoms with E-state index in [0.29, 0.717) is 11.3 Å². The van der Waals surface area contributed by atoms with E-state index in [9.17, 15) is 0 Å². The van der Waals surface area contributed by atoms with Crippen LogP contribution in [0, 0.1) is 11.3 Å². The minimum Gasteiger partial charge on any atom is -0.495 e. The van der Waals surface area contributed by atoms with Crippen LogP contribution in [0.15, 0.2) is 36.9 Å². The number of hydrogen-bond donors (Lipinski definition) is 1. The molecule has 110 valence electrons. The quantitative estimate of drug-likeness (QED) is 0.756. The van der Waals surface area contributed by atoms with Crippen molar-refractivity contribution in [3.8, 4) is 11.8 Å². The summed E-state index contributed by atoms with van der Waals surface area (Å²) in [6.45, 7) is 2.76. The predicted octanol–water partition coefficient (Wildman–Crippen LogP) is 2.33. The molecule has 0 saturated carbocycles. The molecule has 0 radical (unpaired) electrons. The fourth-order valence-electron chi connectivity index (χ4n) is 2.13. The smallest absolute Gasteiger partial charge is 0.136 e. The first-order valence-electron chi connectivity index (χ1n) is 7.07. The molecule has 0 unspecified atom stereocenters. The summed E-state index contributed by atoms with van der Waals surface area (Å²) in [6, 6.07) is 7.79. The minimum atomic E-state index is 0.571. The lowest BCUT2D eigenvalue weighted by Gasteiger charge is -2.08. The molecular formula is C16H20N4O. The molecule has 5 nitrogen and oxygen atoms in total. The molecule has 0 bridgehead atoms. The van der Waals surface area contributed by atoms with Crippen LogP contribution in [0.3, 0.4) is 0 Å². The van der Waals surface area contributed by atoms with Crippen molar-refractivity contribution in [2.24, 2.45) is 0 Å². The van der Waals surface area contributed by atoms with Gasteiger partial charge in [-0.15, -0.1) is 0 Å². The molecule has 2 aromatic rings. The summed E-state index contributed by atoms with van der Waals surface area (Å²) in [5, 5.41) is 12.3. The molecule has 1 heterocycles. The molecule has 0 saturated heterocycles. The summed E-state index contributed by atoms with van der Waals surface area (Å²) < 4.78 is 7.29. The van der Waals surface area contributed by atoms with Gasteiger partial charge in [-0.1, -0.05) is 6.07 Å². The Morgan fingerprint density at radius 1 is 1.38 bits per heavy atom. The second-order valence-corrected chi connectivity index (χ2v) is 4.83. The van der Waals surface area contributed by atoms with Gasteiger partial charge in [0.25, 0.3) is 0 Å². The van der Waals surface area contributed by atoms with Crippen LogP contribution in [0.1, 0.15) is 24.0 Å². The monoisotopic (exact) mass is 284 g/mol. The molecule has 0 atom stereocenters. The van der Waals surface area contributed by atoms with Gasteiger partial charge in [0.2, 0.25) is 0 Å². The van der Waals surface area contributed by atoms with Crippen LogP contribution in [-0.4, -0.2) is 23.2 Å². The van der Waals surface area contributed by atoms with Gasteiger partial charge in [0.1, 0.15) is 11.8 Å². The summed E-state index contributed by atoms with van der Waals surface area (Å²) in [4.78, 5) is 4.02. The van der Waals surface area contributed by atoms with E-state index in [1.165, 1.54) is 0 Å². The van der Waals surface area contributed by atoms with Crippen LogP contribution in [0.2, 0.25) is 0 Å². The van der Waals surface area contributed by atoms with Crippen molar-refractivity contribution in [2.75, 3.05) is 13.7 Å². The third-order valence-electron chi connectivity index (χ3n) is 3.29. The van der Waals surface area contributed by atoms with E-state index in [1.54, 1.807) is 19.4 Å². The van der Waals surface area contributed by atoms with Crippen molar-refractivity contribution >= 4 is 0 Å². The maximum atomic E-state index is 8.94. The number of aryl methyl sites for hydroxylation is 1. The highest BCUT2D eigenvalue weighted by atomic mass is 16.5. The number of ether oxygens (including phenoxy) is 1. The summed E-state index contributed by atoms with van der Waals surface area (Å²) in [6.07, 6.45) is 7.87. The van der Waals surface area contributed by atoms with Gasteiger partial charge in [0.05, 0.1) is 19.0 Å². The molecular weight excluding hydrogens is 264 g/mol. The normalized spacial score (nSPS) is 10.3. The summed E-state index contributed by atoms with van der Waals surface area (Å²) in [5.41, 5.74) is 1.70. The molecule has 1 N–H and O–H groups in total. The summed E-state index contributed by atoms with van der Waals surface area (Å²) in [7, 11) is 1.59. The zero-order chi connectivity index (χ0) is 14.9. The molecule has 1 aromatic carbocycles. The molecule has 2 rings (SSSR count). The first-order valence-corrected chi connectivity index (χ1v) is 7.07. The van der Waals surface area contributed by atoms with Gasteiger partial charge in [0.15, 0.2) is 0 Å². The van der Waals surface area contributed by atoms with Gasteiger partial charge in [-0.05, 0) is 37.1 Å². The number of nitriles is 1. The number of nitrogens with zero attached hydrogens (tertiary/aromatic N) is 3. The summed E-state index contributed by atoms with van der Waals surface area (Å²) in [5.74, 6) is 0.636. The van der Waals surface area contributed by atoms with Gasteiger partial charge in [-0.2, -0.15) is 5.26 Å². The zero-order valence-electron chi connectivity index (χ0n) is 12.2. The molecule has 0 aliphatic heterocycles. The number of methoxy groups -OCH3 is 1. The molecule has 0 amide bonds. The standard InChI is InChI=1S/C16H20N4O/c1-21-16-10-14(4-5-15(16)11-17)12-18-6-2-3-8-20-9-7-19-13-20/h4-5,7,9-10,13,18H,2-3,6,8,12H2,1H3. The average Bonchev–Trinajstić information content (AvgIpc) is 3.03. The van der Waals surface area contributed by atoms with E-state index in [2.05, 4.69) is 20.9 Å². The number of unbranched alkanes of at least 4 members (excludes halogenated alkanes) is 1. The van der Waals surface area contributed by atoms with Crippen molar-refractivity contribution in [1.82, 2.24) is 14.9 Å². The van der Waals surface area contributed by atoms with E-state index in [4.69, 9.17) is 10.00 Å². The molecule has 0 fully saturated rings. The predicted molar refractivity (Wildman–Crippen MR) is 80.9 cm³/mol. The lowest BCUT2D eigenvalue weighted by molar-refractivity contribution is 0.412. The Balaban J connectivity index is 1.68. The largest absolute Gasteiger partial charge is 0.495 e. The van der Waals surface area contributed by atoms with E-state index >= 15 is 0 Å². The van der Waals surface area contributed by atoms with Gasteiger partial charge >= 0.3 is 0 Å². The SMILES string of the molecule is COc1cc(CNCCCCn2ccnc2)ccc1C#N. The van der Waals surface area contributed by atoms with E-state index < -0.39 is 0 Å². The Kier molecular flexibility index (Phi) is 5.80. The Labute approximate surface area is 125 Å². The van der Waals surface area contributed by atoms with Crippen molar-refractivity contribution < 1.29 is 4.74 Å². The molecule has 5 heteroatoms. The third-order valence-corrected chi connectivity index (χ3v) is 3.29. The summed E-state index contributed by atoms with van der Waals surface area (Å²) >= 11 is 0. The Morgan fingerprint density at radius 2 is 2.29 bits per heavy atom. The number of aromatic nitrogens is 2. The number of imidazole rings is 1. The third kappa shape index (κ3) is 4.62. The van der Waals surface area contributed by atoms with Crippen LogP contribution >= 0.6 is 0 Å². The number of rotatable bonds is 8. The van der Waals surface area contributed by atoms with Crippen molar-refractivity contribution in [3.63, 3.8) is 0 Å². The average molecular weight is 284 g/mol. The van der Waals surface area contributed by atoms with Crippen molar-refractivity contribution in [3.05, 3.63) is 48.0 Å². The second-order valence-electron chi connectivity index (χ2n) is 4.83. The van der Waals surface area contributed by atoms with Gasteiger partial charge < -0.3 is 14.6 Å². The van der Waals surface area contributed by atoms with E-state index in [-0.39, 0.29) is 0 Å². The fraction of sp³-hybridized carbons (Fsp3) is 0.375. The minimum absolute atomic E-state index is 0.571. The number of nitrogens with one attached hydrogen (secondary N) is 1. The van der Waals surface area contributed by atoms with Crippen LogP contribution in [-0.2, 0) is 13.1 Å². The molecule has 0 spiro atoms. The first-order chi connectivity index (χ1) is 10.3. The van der Waals surface area contributed by atoms with Crippen LogP contribution < -0.4 is 10.1 Å². The lowest BCUT2D eigenvalue weighted by Crippen LogP contribution is -2.15. The number of benzene rings is 1. The Hall–Kier alpha value is -2.32. The second kappa shape index (κ2) is 8.08. The lowest BCUT2D eigenvalue weighted by atomic mass is 10.1. The van der Waals surface area contributed by atoms with Crippen molar-refractivity contribution in [1.29, 1.82) is 5.26 Å². The van der Waals surface area contributed by atoms with Crippen LogP contribution in [0.4, 0.5) is 0 Å². The molecule has 21 heavy (non-hydrogen) atoms. The fourth-order valence-corrected chi connectivity index (χ4v) is 2.13. The van der Waals surface area contributed by atoms with Gasteiger partial charge in [-0.25, -0.2) is 4.98 Å². The van der Waals surface area contributed by atoms with Crippen molar-refractivity contribution in [2.45, 2.75) is 25.9 Å². The Morgan fingerprint density at radius 3 is 3.00 bits per heavy atom. The molecule has 0 aliphatic rings. The van der Waals surface area contributed by atoms with E-state index in [0.717, 1.165) is 38.0 Å². The first kappa shape index (κ1) is 15.1. The molecule has 0 aliphatic carbocycles. The maximum absolute atomic E-state index is 8.94. The highest BCUT2D eigenvalue weighted by Crippen LogP contribution is 2.19. The highest BCUT2D eigenvalue weighted by molar-refractivity contribution is 5.45. The van der Waals surface area contributed by atoms with Crippen LogP contribution in [0.25, 0.3) is 0 Å².